The summed E-state index contributed by atoms with van der Waals surface area (Å²) in [6.45, 7) is 7.97. The number of hydrogen-bond acceptors (Lipinski definition) is 6. The molecule has 0 bridgehead atoms. The van der Waals surface area contributed by atoms with Crippen molar-refractivity contribution in [2.45, 2.75) is 45.8 Å². The minimum absolute atomic E-state index is 0.326. The summed E-state index contributed by atoms with van der Waals surface area (Å²) >= 11 is 0. The van der Waals surface area contributed by atoms with E-state index in [0.717, 1.165) is 12.8 Å². The van der Waals surface area contributed by atoms with Gasteiger partial charge in [0.2, 0.25) is 0 Å². The minimum atomic E-state index is -0.734. The first-order chi connectivity index (χ1) is 8.60. The number of rotatable bonds is 9. The summed E-state index contributed by atoms with van der Waals surface area (Å²) in [5.74, 6) is 0.902. The lowest BCUT2D eigenvalue weighted by Crippen LogP contribution is -2.39. The second-order valence-corrected chi connectivity index (χ2v) is 4.53. The van der Waals surface area contributed by atoms with Crippen LogP contribution in [-0.2, 0) is 21.6 Å². The Balaban J connectivity index is 2.49. The fraction of sp³-hybridized carbons (Fsp3) is 0.833. The molecule has 0 fully saturated rings. The highest BCUT2D eigenvalue weighted by molar-refractivity contribution is 5.01. The zero-order valence-corrected chi connectivity index (χ0v) is 11.4. The van der Waals surface area contributed by atoms with Crippen LogP contribution in [0.1, 0.15) is 45.3 Å². The SMILES string of the molecule is CCCOCc1nc(C(C)(N)COCCC)no1. The molecule has 0 aliphatic heterocycles. The van der Waals surface area contributed by atoms with Crippen LogP contribution in [0.25, 0.3) is 0 Å². The second-order valence-electron chi connectivity index (χ2n) is 4.53. The molecule has 6 heteroatoms. The molecule has 1 atom stereocenters. The van der Waals surface area contributed by atoms with Crippen LogP contribution in [0.2, 0.25) is 0 Å². The topological polar surface area (TPSA) is 83.4 Å². The predicted octanol–water partition coefficient (Wildman–Crippen LogP) is 1.60. The zero-order chi connectivity index (χ0) is 13.4. The molecular weight excluding hydrogens is 234 g/mol. The summed E-state index contributed by atoms with van der Waals surface area (Å²) in [5, 5.41) is 3.87. The fourth-order valence-corrected chi connectivity index (χ4v) is 1.34. The number of nitrogens with two attached hydrogens (primary N) is 1. The van der Waals surface area contributed by atoms with Crippen LogP contribution in [0, 0.1) is 0 Å². The fourth-order valence-electron chi connectivity index (χ4n) is 1.34. The van der Waals surface area contributed by atoms with Crippen molar-refractivity contribution in [2.24, 2.45) is 5.73 Å². The van der Waals surface area contributed by atoms with Crippen molar-refractivity contribution in [1.29, 1.82) is 0 Å². The van der Waals surface area contributed by atoms with Crippen molar-refractivity contribution in [3.63, 3.8) is 0 Å². The number of hydrogen-bond donors (Lipinski definition) is 1. The number of ether oxygens (including phenoxy) is 2. The van der Waals surface area contributed by atoms with E-state index in [1.807, 2.05) is 20.8 Å². The summed E-state index contributed by atoms with van der Waals surface area (Å²) in [6.07, 6.45) is 1.92. The standard InChI is InChI=1S/C12H23N3O3/c1-4-6-16-8-10-14-11(15-18-10)12(3,13)9-17-7-5-2/h4-9,13H2,1-3H3. The first-order valence-corrected chi connectivity index (χ1v) is 6.37. The van der Waals surface area contributed by atoms with Crippen LogP contribution in [0.4, 0.5) is 0 Å². The summed E-state index contributed by atoms with van der Waals surface area (Å²) in [6, 6.07) is 0. The van der Waals surface area contributed by atoms with E-state index in [1.165, 1.54) is 0 Å². The molecule has 18 heavy (non-hydrogen) atoms. The van der Waals surface area contributed by atoms with Crippen LogP contribution in [0.5, 0.6) is 0 Å². The van der Waals surface area contributed by atoms with Crippen LogP contribution in [0.15, 0.2) is 4.52 Å². The molecule has 0 radical (unpaired) electrons. The van der Waals surface area contributed by atoms with E-state index >= 15 is 0 Å². The molecule has 0 aliphatic rings. The average Bonchev–Trinajstić information content (AvgIpc) is 2.79. The summed E-state index contributed by atoms with van der Waals surface area (Å²) < 4.78 is 15.8. The van der Waals surface area contributed by atoms with Gasteiger partial charge in [-0.1, -0.05) is 19.0 Å². The predicted molar refractivity (Wildman–Crippen MR) is 66.9 cm³/mol. The Morgan fingerprint density at radius 1 is 1.22 bits per heavy atom. The van der Waals surface area contributed by atoms with E-state index in [2.05, 4.69) is 10.1 Å². The Labute approximate surface area is 108 Å². The Kier molecular flexibility index (Phi) is 6.24. The van der Waals surface area contributed by atoms with Crippen LogP contribution in [-0.4, -0.2) is 30.0 Å². The van der Waals surface area contributed by atoms with E-state index in [4.69, 9.17) is 19.7 Å². The molecular formula is C12H23N3O3. The van der Waals surface area contributed by atoms with Crippen molar-refractivity contribution >= 4 is 0 Å². The normalized spacial score (nSPS) is 14.7. The van der Waals surface area contributed by atoms with Gasteiger partial charge in [-0.25, -0.2) is 0 Å². The summed E-state index contributed by atoms with van der Waals surface area (Å²) in [7, 11) is 0. The first-order valence-electron chi connectivity index (χ1n) is 6.37. The van der Waals surface area contributed by atoms with Crippen LogP contribution < -0.4 is 5.73 Å². The maximum absolute atomic E-state index is 6.10. The molecule has 0 saturated heterocycles. The molecule has 0 amide bonds. The van der Waals surface area contributed by atoms with Gasteiger partial charge in [0.15, 0.2) is 5.82 Å². The number of nitrogens with zero attached hydrogens (tertiary/aromatic N) is 2. The molecule has 1 heterocycles. The third kappa shape index (κ3) is 4.72. The molecule has 0 saturated carbocycles. The largest absolute Gasteiger partial charge is 0.379 e. The highest BCUT2D eigenvalue weighted by Gasteiger charge is 2.27. The van der Waals surface area contributed by atoms with Gasteiger partial charge < -0.3 is 19.7 Å². The first kappa shape index (κ1) is 15.1. The second kappa shape index (κ2) is 7.45. The van der Waals surface area contributed by atoms with Crippen LogP contribution in [0.3, 0.4) is 0 Å². The van der Waals surface area contributed by atoms with E-state index < -0.39 is 5.54 Å². The Bertz CT molecular complexity index is 339. The number of aromatic nitrogens is 2. The van der Waals surface area contributed by atoms with Gasteiger partial charge in [-0.3, -0.25) is 0 Å². The molecule has 1 aromatic heterocycles. The quantitative estimate of drug-likeness (QED) is 0.676. The molecule has 1 unspecified atom stereocenters. The van der Waals surface area contributed by atoms with Gasteiger partial charge >= 0.3 is 0 Å². The monoisotopic (exact) mass is 257 g/mol. The lowest BCUT2D eigenvalue weighted by atomic mass is 10.1. The van der Waals surface area contributed by atoms with Crippen molar-refractivity contribution in [3.05, 3.63) is 11.7 Å². The lowest BCUT2D eigenvalue weighted by molar-refractivity contribution is 0.0866. The van der Waals surface area contributed by atoms with Gasteiger partial charge in [0.25, 0.3) is 5.89 Å². The highest BCUT2D eigenvalue weighted by atomic mass is 16.5. The van der Waals surface area contributed by atoms with Crippen molar-refractivity contribution in [3.8, 4) is 0 Å². The molecule has 0 aromatic carbocycles. The Morgan fingerprint density at radius 3 is 2.56 bits per heavy atom. The van der Waals surface area contributed by atoms with Gasteiger partial charge in [-0.2, -0.15) is 4.98 Å². The highest BCUT2D eigenvalue weighted by Crippen LogP contribution is 2.15. The maximum atomic E-state index is 6.10. The third-order valence-electron chi connectivity index (χ3n) is 2.30. The van der Waals surface area contributed by atoms with Crippen molar-refractivity contribution in [1.82, 2.24) is 10.1 Å². The molecule has 1 rings (SSSR count). The maximum Gasteiger partial charge on any atom is 0.252 e. The molecule has 6 nitrogen and oxygen atoms in total. The molecule has 0 spiro atoms. The van der Waals surface area contributed by atoms with E-state index in [1.54, 1.807) is 0 Å². The van der Waals surface area contributed by atoms with Gasteiger partial charge in [-0.05, 0) is 19.8 Å². The van der Waals surface area contributed by atoms with E-state index in [0.29, 0.717) is 38.1 Å². The summed E-state index contributed by atoms with van der Waals surface area (Å²) in [4.78, 5) is 4.22. The van der Waals surface area contributed by atoms with E-state index in [9.17, 15) is 0 Å². The van der Waals surface area contributed by atoms with Crippen molar-refractivity contribution < 1.29 is 14.0 Å². The molecule has 0 aliphatic carbocycles. The average molecular weight is 257 g/mol. The zero-order valence-electron chi connectivity index (χ0n) is 11.4. The Morgan fingerprint density at radius 2 is 1.89 bits per heavy atom. The van der Waals surface area contributed by atoms with E-state index in [-0.39, 0.29) is 0 Å². The van der Waals surface area contributed by atoms with Gasteiger partial charge in [0.05, 0.1) is 6.61 Å². The lowest BCUT2D eigenvalue weighted by Gasteiger charge is -2.19. The van der Waals surface area contributed by atoms with Gasteiger partial charge in [0.1, 0.15) is 12.1 Å². The molecule has 1 aromatic rings. The summed E-state index contributed by atoms with van der Waals surface area (Å²) in [5.41, 5.74) is 5.36. The van der Waals surface area contributed by atoms with Gasteiger partial charge in [-0.15, -0.1) is 0 Å². The third-order valence-corrected chi connectivity index (χ3v) is 2.30. The molecule has 104 valence electrons. The van der Waals surface area contributed by atoms with Gasteiger partial charge in [0, 0.05) is 13.2 Å². The smallest absolute Gasteiger partial charge is 0.252 e. The molecule has 2 N–H and O–H groups in total. The van der Waals surface area contributed by atoms with Crippen LogP contribution >= 0.6 is 0 Å². The van der Waals surface area contributed by atoms with Crippen molar-refractivity contribution in [2.75, 3.05) is 19.8 Å². The minimum Gasteiger partial charge on any atom is -0.379 e. The Hall–Kier alpha value is -0.980.